The van der Waals surface area contributed by atoms with E-state index in [9.17, 15) is 0 Å². The number of thiophene rings is 1. The first kappa shape index (κ1) is 29.2. The lowest BCUT2D eigenvalue weighted by Crippen LogP contribution is -2.60. The average molecular weight is 691 g/mol. The molecule has 0 bridgehead atoms. The lowest BCUT2D eigenvalue weighted by Gasteiger charge is -2.42. The molecule has 0 unspecified atom stereocenters. The second-order valence-corrected chi connectivity index (χ2v) is 15.6. The zero-order chi connectivity index (χ0) is 34.8. The van der Waals surface area contributed by atoms with Crippen LogP contribution in [0.15, 0.2) is 170 Å². The summed E-state index contributed by atoms with van der Waals surface area (Å²) in [6.07, 6.45) is 0. The molecule has 8 aromatic carbocycles. The molecule has 0 saturated heterocycles. The Bertz CT molecular complexity index is 3140. The SMILES string of the molecule is Cc1ccccc1-c1cc2c3c(c1)-n1c4c(cccc4c4sc5ccccc5c41)B3N(c1ccc(-c3ccccc3)cc1)c1cc3ccccc3cc1-2. The quantitative estimate of drug-likeness (QED) is 0.168. The van der Waals surface area contributed by atoms with E-state index in [-0.39, 0.29) is 6.85 Å². The largest absolute Gasteiger partial charge is 0.376 e. The van der Waals surface area contributed by atoms with Crippen LogP contribution in [0, 0.1) is 6.92 Å². The normalized spacial score (nSPS) is 12.9. The second-order valence-electron chi connectivity index (χ2n) is 14.5. The van der Waals surface area contributed by atoms with Gasteiger partial charge in [0.2, 0.25) is 0 Å². The highest BCUT2D eigenvalue weighted by Gasteiger charge is 2.44. The predicted molar refractivity (Wildman–Crippen MR) is 228 cm³/mol. The summed E-state index contributed by atoms with van der Waals surface area (Å²) < 4.78 is 5.31. The van der Waals surface area contributed by atoms with Gasteiger partial charge in [0.15, 0.2) is 0 Å². The number of anilines is 2. The molecule has 4 heterocycles. The number of hydrogen-bond acceptors (Lipinski definition) is 2. The molecule has 0 fully saturated rings. The molecule has 2 aromatic heterocycles. The highest BCUT2D eigenvalue weighted by Crippen LogP contribution is 2.49. The standard InChI is InChI=1S/C49H31BN2S/c1-30-12-5-8-17-37(30)35-27-41-40-26-33-15-6-7-16-34(33)28-43(40)52(36-24-22-32(23-25-36)31-13-3-2-4-14-31)50-42-20-11-19-39-47(42)51(44(29-35)46(41)50)48-38-18-9-10-21-45(38)53-49(39)48/h2-29H,1H3. The molecule has 0 radical (unpaired) electrons. The molecule has 2 nitrogen and oxygen atoms in total. The van der Waals surface area contributed by atoms with Gasteiger partial charge in [-0.05, 0) is 104 Å². The summed E-state index contributed by atoms with van der Waals surface area (Å²) in [5, 5.41) is 5.15. The van der Waals surface area contributed by atoms with Crippen LogP contribution >= 0.6 is 11.3 Å². The molecule has 0 spiro atoms. The van der Waals surface area contributed by atoms with Crippen LogP contribution in [0.4, 0.5) is 11.4 Å². The van der Waals surface area contributed by atoms with Gasteiger partial charge in [-0.1, -0.05) is 127 Å². The maximum atomic E-state index is 2.63. The van der Waals surface area contributed by atoms with Gasteiger partial charge in [-0.15, -0.1) is 11.3 Å². The molecule has 0 amide bonds. The Labute approximate surface area is 311 Å². The van der Waals surface area contributed by atoms with Crippen LogP contribution in [0.1, 0.15) is 5.56 Å². The molecule has 0 aliphatic carbocycles. The summed E-state index contributed by atoms with van der Waals surface area (Å²) in [6.45, 7) is 2.22. The third-order valence-electron chi connectivity index (χ3n) is 11.7. The maximum Gasteiger partial charge on any atom is 0.333 e. The van der Waals surface area contributed by atoms with Crippen molar-refractivity contribution in [3.05, 3.63) is 175 Å². The van der Waals surface area contributed by atoms with Crippen molar-refractivity contribution in [1.29, 1.82) is 0 Å². The average Bonchev–Trinajstić information content (AvgIpc) is 3.75. The fourth-order valence-electron chi connectivity index (χ4n) is 9.33. The van der Waals surface area contributed by atoms with E-state index in [0.717, 1.165) is 0 Å². The Morgan fingerprint density at radius 3 is 2.06 bits per heavy atom. The van der Waals surface area contributed by atoms with Crippen molar-refractivity contribution in [2.45, 2.75) is 6.92 Å². The lowest BCUT2D eigenvalue weighted by atomic mass is 9.44. The molecular weight excluding hydrogens is 659 g/mol. The summed E-state index contributed by atoms with van der Waals surface area (Å²) in [5.41, 5.74) is 17.9. The number of hydrogen-bond donors (Lipinski definition) is 0. The van der Waals surface area contributed by atoms with Gasteiger partial charge in [0.25, 0.3) is 0 Å². The minimum Gasteiger partial charge on any atom is -0.376 e. The highest BCUT2D eigenvalue weighted by molar-refractivity contribution is 7.26. The van der Waals surface area contributed by atoms with E-state index in [0.29, 0.717) is 0 Å². The molecular formula is C49H31BN2S. The van der Waals surface area contributed by atoms with Crippen molar-refractivity contribution >= 4 is 82.5 Å². The van der Waals surface area contributed by atoms with E-state index < -0.39 is 0 Å². The minimum absolute atomic E-state index is 0.0198. The topological polar surface area (TPSA) is 8.17 Å². The van der Waals surface area contributed by atoms with Crippen LogP contribution < -0.4 is 15.7 Å². The monoisotopic (exact) mass is 690 g/mol. The van der Waals surface area contributed by atoms with E-state index in [1.54, 1.807) is 0 Å². The van der Waals surface area contributed by atoms with Gasteiger partial charge >= 0.3 is 6.85 Å². The lowest BCUT2D eigenvalue weighted by molar-refractivity contribution is 1.19. The molecule has 10 aromatic rings. The maximum absolute atomic E-state index is 2.63. The second kappa shape index (κ2) is 10.8. The third kappa shape index (κ3) is 4.04. The zero-order valence-corrected chi connectivity index (χ0v) is 29.9. The van der Waals surface area contributed by atoms with Gasteiger partial charge in [0, 0.05) is 38.1 Å². The van der Waals surface area contributed by atoms with Gasteiger partial charge in [-0.3, -0.25) is 0 Å². The van der Waals surface area contributed by atoms with Gasteiger partial charge in [-0.2, -0.15) is 0 Å². The number of aryl methyl sites for hydroxylation is 1. The van der Waals surface area contributed by atoms with Crippen molar-refractivity contribution in [3.8, 4) is 39.1 Å². The Kier molecular flexibility index (Phi) is 5.98. The van der Waals surface area contributed by atoms with Crippen molar-refractivity contribution in [2.24, 2.45) is 0 Å². The Morgan fingerprint density at radius 1 is 0.491 bits per heavy atom. The van der Waals surface area contributed by atoms with Crippen molar-refractivity contribution in [1.82, 2.24) is 4.57 Å². The fourth-order valence-corrected chi connectivity index (χ4v) is 10.5. The number of rotatable bonds is 3. The first-order valence-corrected chi connectivity index (χ1v) is 19.2. The van der Waals surface area contributed by atoms with Crippen LogP contribution in [0.5, 0.6) is 0 Å². The molecule has 12 rings (SSSR count). The number of fused-ring (bicyclic) bond motifs is 10. The smallest absolute Gasteiger partial charge is 0.333 e. The van der Waals surface area contributed by atoms with Gasteiger partial charge < -0.3 is 9.38 Å². The summed E-state index contributed by atoms with van der Waals surface area (Å²) in [5.74, 6) is 0. The van der Waals surface area contributed by atoms with Gasteiger partial charge in [0.1, 0.15) is 0 Å². The van der Waals surface area contributed by atoms with Crippen molar-refractivity contribution < 1.29 is 0 Å². The van der Waals surface area contributed by atoms with Crippen LogP contribution in [-0.2, 0) is 0 Å². The molecule has 246 valence electrons. The van der Waals surface area contributed by atoms with E-state index >= 15 is 0 Å². The fraction of sp³-hybridized carbons (Fsp3) is 0.0204. The van der Waals surface area contributed by atoms with Crippen molar-refractivity contribution in [2.75, 3.05) is 4.81 Å². The molecule has 53 heavy (non-hydrogen) atoms. The zero-order valence-electron chi connectivity index (χ0n) is 29.0. The number of para-hydroxylation sites is 1. The van der Waals surface area contributed by atoms with Crippen molar-refractivity contribution in [3.63, 3.8) is 0 Å². The molecule has 0 atom stereocenters. The molecule has 0 N–H and O–H groups in total. The number of aromatic nitrogens is 1. The Morgan fingerprint density at radius 2 is 1.21 bits per heavy atom. The third-order valence-corrected chi connectivity index (χ3v) is 12.9. The van der Waals surface area contributed by atoms with E-state index in [1.807, 2.05) is 11.3 Å². The summed E-state index contributed by atoms with van der Waals surface area (Å²) in [4.78, 5) is 2.63. The highest BCUT2D eigenvalue weighted by atomic mass is 32.1. The molecule has 2 aliphatic heterocycles. The Hall–Kier alpha value is -6.36. The van der Waals surface area contributed by atoms with E-state index in [4.69, 9.17) is 0 Å². The first-order valence-electron chi connectivity index (χ1n) is 18.4. The summed E-state index contributed by atoms with van der Waals surface area (Å²) in [7, 11) is 0. The van der Waals surface area contributed by atoms with Gasteiger partial charge in [-0.25, -0.2) is 0 Å². The minimum atomic E-state index is -0.0198. The van der Waals surface area contributed by atoms with Crippen LogP contribution in [0.2, 0.25) is 0 Å². The molecule has 0 saturated carbocycles. The number of benzene rings is 8. The van der Waals surface area contributed by atoms with Crippen LogP contribution in [-0.4, -0.2) is 11.4 Å². The predicted octanol–water partition coefficient (Wildman–Crippen LogP) is 12.0. The van der Waals surface area contributed by atoms with Crippen LogP contribution in [0.25, 0.3) is 81.0 Å². The summed E-state index contributed by atoms with van der Waals surface area (Å²) >= 11 is 1.92. The van der Waals surface area contributed by atoms with E-state index in [2.05, 4.69) is 186 Å². The van der Waals surface area contributed by atoms with E-state index in [1.165, 1.54) is 109 Å². The van der Waals surface area contributed by atoms with Crippen LogP contribution in [0.3, 0.4) is 0 Å². The van der Waals surface area contributed by atoms with Gasteiger partial charge in [0.05, 0.1) is 15.7 Å². The molecule has 4 heteroatoms. The summed E-state index contributed by atoms with van der Waals surface area (Å²) in [6, 6.07) is 63.4. The Balaban J connectivity index is 1.24. The number of nitrogens with zero attached hydrogens (tertiary/aromatic N) is 2. The molecule has 2 aliphatic rings. The first-order chi connectivity index (χ1) is 26.2.